The van der Waals surface area contributed by atoms with Crippen LogP contribution in [0.3, 0.4) is 0 Å². The number of carbonyl (C=O) groups excluding carboxylic acids is 1. The van der Waals surface area contributed by atoms with E-state index >= 15 is 0 Å². The Morgan fingerprint density at radius 1 is 1.39 bits per heavy atom. The number of ether oxygens (including phenoxy) is 1. The number of carbonyl (C=O) groups is 1. The van der Waals surface area contributed by atoms with Gasteiger partial charge in [-0.05, 0) is 70.6 Å². The Balaban J connectivity index is 2.22. The lowest BCUT2D eigenvalue weighted by Crippen LogP contribution is -2.48. The number of benzene rings is 1. The normalized spacial score (nSPS) is 24.1. The van der Waals surface area contributed by atoms with Crippen LogP contribution in [0.5, 0.6) is 0 Å². The highest BCUT2D eigenvalue weighted by molar-refractivity contribution is 14.1. The van der Waals surface area contributed by atoms with Gasteiger partial charge in [0.15, 0.2) is 0 Å². The van der Waals surface area contributed by atoms with E-state index in [2.05, 4.69) is 38.5 Å². The molecule has 0 aliphatic carbocycles. The molecule has 0 saturated carbocycles. The second kappa shape index (κ2) is 5.88. The largest absolute Gasteiger partial charge is 0.372 e. The molecule has 0 radical (unpaired) electrons. The summed E-state index contributed by atoms with van der Waals surface area (Å²) in [5, 5.41) is 0. The van der Waals surface area contributed by atoms with E-state index in [1.54, 1.807) is 0 Å². The van der Waals surface area contributed by atoms with Crippen molar-refractivity contribution in [2.24, 2.45) is 0 Å². The molecule has 1 aliphatic heterocycles. The lowest BCUT2D eigenvalue weighted by atomic mass is 10.1. The van der Waals surface area contributed by atoms with Crippen LogP contribution in [0.1, 0.15) is 24.2 Å². The Morgan fingerprint density at radius 3 is 2.61 bits per heavy atom. The molecule has 0 aromatic heterocycles. The molecule has 98 valence electrons. The third kappa shape index (κ3) is 3.24. The zero-order valence-electron chi connectivity index (χ0n) is 10.3. The zero-order chi connectivity index (χ0) is 13.3. The van der Waals surface area contributed by atoms with E-state index in [0.29, 0.717) is 13.1 Å². The lowest BCUT2D eigenvalue weighted by molar-refractivity contribution is -0.0586. The van der Waals surface area contributed by atoms with E-state index < -0.39 is 0 Å². The Bertz CT molecular complexity index is 456. The number of rotatable bonds is 1. The standard InChI is InChI=1S/C13H15BrINO2/c1-8-6-16(7-9(2)18-8)13(17)11-5-10(15)3-4-12(11)14/h3-5,8-9H,6-7H2,1-2H3/t8-,9+. The molecule has 18 heavy (non-hydrogen) atoms. The van der Waals surface area contributed by atoms with Crippen LogP contribution >= 0.6 is 38.5 Å². The van der Waals surface area contributed by atoms with Crippen LogP contribution in [0.4, 0.5) is 0 Å². The summed E-state index contributed by atoms with van der Waals surface area (Å²) in [6.07, 6.45) is 0.193. The van der Waals surface area contributed by atoms with Gasteiger partial charge in [-0.1, -0.05) is 0 Å². The SMILES string of the molecule is C[C@@H]1CN(C(=O)c2cc(I)ccc2Br)C[C@H](C)O1. The highest BCUT2D eigenvalue weighted by atomic mass is 127. The number of morpholine rings is 1. The average molecular weight is 424 g/mol. The van der Waals surface area contributed by atoms with E-state index in [1.165, 1.54) is 0 Å². The molecule has 2 atom stereocenters. The van der Waals surface area contributed by atoms with Crippen LogP contribution < -0.4 is 0 Å². The third-order valence-corrected chi connectivity index (χ3v) is 4.23. The number of halogens is 2. The van der Waals surface area contributed by atoms with Crippen molar-refractivity contribution in [1.29, 1.82) is 0 Å². The minimum Gasteiger partial charge on any atom is -0.372 e. The molecule has 2 rings (SSSR count). The molecule has 0 bridgehead atoms. The van der Waals surface area contributed by atoms with Crippen molar-refractivity contribution in [3.8, 4) is 0 Å². The molecule has 1 aromatic carbocycles. The fourth-order valence-corrected chi connectivity index (χ4v) is 3.08. The summed E-state index contributed by atoms with van der Waals surface area (Å²) in [6, 6.07) is 5.81. The number of nitrogens with zero attached hydrogens (tertiary/aromatic N) is 1. The van der Waals surface area contributed by atoms with Crippen LogP contribution in [-0.2, 0) is 4.74 Å². The van der Waals surface area contributed by atoms with Crippen LogP contribution in [0.25, 0.3) is 0 Å². The number of amides is 1. The predicted molar refractivity (Wildman–Crippen MR) is 82.8 cm³/mol. The lowest BCUT2D eigenvalue weighted by Gasteiger charge is -2.35. The fraction of sp³-hybridized carbons (Fsp3) is 0.462. The first kappa shape index (κ1) is 14.3. The van der Waals surface area contributed by atoms with Gasteiger partial charge < -0.3 is 9.64 Å². The summed E-state index contributed by atoms with van der Waals surface area (Å²) in [5.74, 6) is 0.0717. The van der Waals surface area contributed by atoms with E-state index in [9.17, 15) is 4.79 Å². The molecule has 1 fully saturated rings. The second-order valence-corrected chi connectivity index (χ2v) is 6.69. The summed E-state index contributed by atoms with van der Waals surface area (Å²) in [4.78, 5) is 14.4. The predicted octanol–water partition coefficient (Wildman–Crippen LogP) is 3.30. The molecule has 0 spiro atoms. The van der Waals surface area contributed by atoms with E-state index in [-0.39, 0.29) is 18.1 Å². The first-order valence-electron chi connectivity index (χ1n) is 5.87. The Hall–Kier alpha value is -0.140. The molecule has 0 unspecified atom stereocenters. The Kier molecular flexibility index (Phi) is 4.66. The molecule has 5 heteroatoms. The molecular weight excluding hydrogens is 409 g/mol. The monoisotopic (exact) mass is 423 g/mol. The van der Waals surface area contributed by atoms with Crippen molar-refractivity contribution < 1.29 is 9.53 Å². The van der Waals surface area contributed by atoms with Gasteiger partial charge in [-0.2, -0.15) is 0 Å². The number of hydrogen-bond acceptors (Lipinski definition) is 2. The summed E-state index contributed by atoms with van der Waals surface area (Å²) >= 11 is 5.66. The zero-order valence-corrected chi connectivity index (χ0v) is 14.1. The van der Waals surface area contributed by atoms with Crippen molar-refractivity contribution in [2.45, 2.75) is 26.1 Å². The van der Waals surface area contributed by atoms with Crippen molar-refractivity contribution in [3.63, 3.8) is 0 Å². The van der Waals surface area contributed by atoms with Crippen LogP contribution in [0, 0.1) is 3.57 Å². The number of hydrogen-bond donors (Lipinski definition) is 0. The summed E-state index contributed by atoms with van der Waals surface area (Å²) < 4.78 is 7.56. The van der Waals surface area contributed by atoms with Crippen LogP contribution in [0.15, 0.2) is 22.7 Å². The van der Waals surface area contributed by atoms with Crippen LogP contribution in [-0.4, -0.2) is 36.1 Å². The van der Waals surface area contributed by atoms with Crippen molar-refractivity contribution in [1.82, 2.24) is 4.90 Å². The fourth-order valence-electron chi connectivity index (χ4n) is 2.18. The Labute approximate surface area is 129 Å². The van der Waals surface area contributed by atoms with Gasteiger partial charge in [-0.15, -0.1) is 0 Å². The van der Waals surface area contributed by atoms with E-state index in [4.69, 9.17) is 4.74 Å². The van der Waals surface area contributed by atoms with Gasteiger partial charge in [-0.3, -0.25) is 4.79 Å². The Morgan fingerprint density at radius 2 is 2.00 bits per heavy atom. The minimum atomic E-state index is 0.0717. The van der Waals surface area contributed by atoms with Gasteiger partial charge in [0.05, 0.1) is 17.8 Å². The third-order valence-electron chi connectivity index (χ3n) is 2.87. The van der Waals surface area contributed by atoms with Crippen molar-refractivity contribution in [3.05, 3.63) is 31.8 Å². The second-order valence-electron chi connectivity index (χ2n) is 4.59. The minimum absolute atomic E-state index is 0.0717. The molecule has 3 nitrogen and oxygen atoms in total. The maximum absolute atomic E-state index is 12.5. The smallest absolute Gasteiger partial charge is 0.255 e. The van der Waals surface area contributed by atoms with E-state index in [1.807, 2.05) is 36.9 Å². The highest BCUT2D eigenvalue weighted by Crippen LogP contribution is 2.22. The summed E-state index contributed by atoms with van der Waals surface area (Å²) in [5.41, 5.74) is 0.725. The van der Waals surface area contributed by atoms with Gasteiger partial charge in [-0.25, -0.2) is 0 Å². The van der Waals surface area contributed by atoms with Gasteiger partial charge in [0, 0.05) is 21.1 Å². The van der Waals surface area contributed by atoms with Crippen molar-refractivity contribution in [2.75, 3.05) is 13.1 Å². The van der Waals surface area contributed by atoms with Crippen LogP contribution in [0.2, 0.25) is 0 Å². The molecule has 1 heterocycles. The topological polar surface area (TPSA) is 29.5 Å². The summed E-state index contributed by atoms with van der Waals surface area (Å²) in [6.45, 7) is 5.31. The average Bonchev–Trinajstić information content (AvgIpc) is 2.30. The molecule has 1 saturated heterocycles. The molecular formula is C13H15BrINO2. The highest BCUT2D eigenvalue weighted by Gasteiger charge is 2.27. The summed E-state index contributed by atoms with van der Waals surface area (Å²) in [7, 11) is 0. The van der Waals surface area contributed by atoms with E-state index in [0.717, 1.165) is 13.6 Å². The molecule has 0 N–H and O–H groups in total. The first-order valence-corrected chi connectivity index (χ1v) is 7.74. The maximum Gasteiger partial charge on any atom is 0.255 e. The maximum atomic E-state index is 12.5. The molecule has 1 aliphatic rings. The first-order chi connectivity index (χ1) is 8.47. The molecule has 1 amide bonds. The van der Waals surface area contributed by atoms with Gasteiger partial charge >= 0.3 is 0 Å². The van der Waals surface area contributed by atoms with Gasteiger partial charge in [0.1, 0.15) is 0 Å². The quantitative estimate of drug-likeness (QED) is 0.648. The van der Waals surface area contributed by atoms with Gasteiger partial charge in [0.25, 0.3) is 5.91 Å². The molecule has 1 aromatic rings. The van der Waals surface area contributed by atoms with Gasteiger partial charge in [0.2, 0.25) is 0 Å². The van der Waals surface area contributed by atoms with Crippen molar-refractivity contribution >= 4 is 44.4 Å².